The van der Waals surface area contributed by atoms with E-state index in [9.17, 15) is 18.0 Å². The lowest BCUT2D eigenvalue weighted by Gasteiger charge is -2.14. The lowest BCUT2D eigenvalue weighted by atomic mass is 10.1. The van der Waals surface area contributed by atoms with E-state index in [1.54, 1.807) is 30.3 Å². The van der Waals surface area contributed by atoms with Crippen LogP contribution in [0.15, 0.2) is 30.3 Å². The van der Waals surface area contributed by atoms with E-state index in [0.717, 1.165) is 5.56 Å². The Hall–Kier alpha value is -1.93. The van der Waals surface area contributed by atoms with E-state index in [1.807, 2.05) is 4.72 Å². The molecule has 0 spiro atoms. The van der Waals surface area contributed by atoms with Gasteiger partial charge in [0, 0.05) is 6.42 Å². The zero-order chi connectivity index (χ0) is 15.2. The Morgan fingerprint density at radius 1 is 1.25 bits per heavy atom. The van der Waals surface area contributed by atoms with Crippen molar-refractivity contribution in [1.82, 2.24) is 10.0 Å². The number of carboxylic acid groups (broad SMARTS) is 1. The maximum atomic E-state index is 11.5. The molecule has 1 aromatic carbocycles. The van der Waals surface area contributed by atoms with Crippen molar-refractivity contribution in [3.8, 4) is 0 Å². The highest BCUT2D eigenvalue weighted by atomic mass is 32.2. The molecule has 3 N–H and O–H groups in total. The highest BCUT2D eigenvalue weighted by molar-refractivity contribution is 7.90. The molecular weight excluding hydrogens is 284 g/mol. The SMILES string of the molecule is CNS(=O)(=O)CC(=O)N[C@@H](Cc1ccccc1)C(=O)O. The molecule has 0 unspecified atom stereocenters. The predicted octanol–water partition coefficient (Wildman–Crippen LogP) is -0.652. The zero-order valence-electron chi connectivity index (χ0n) is 10.9. The van der Waals surface area contributed by atoms with Crippen molar-refractivity contribution < 1.29 is 23.1 Å². The Morgan fingerprint density at radius 3 is 2.35 bits per heavy atom. The maximum Gasteiger partial charge on any atom is 0.326 e. The fourth-order valence-corrected chi connectivity index (χ4v) is 2.10. The fraction of sp³-hybridized carbons (Fsp3) is 0.333. The maximum absolute atomic E-state index is 11.5. The van der Waals surface area contributed by atoms with Crippen LogP contribution in [0.1, 0.15) is 5.56 Å². The number of nitrogens with one attached hydrogen (secondary N) is 2. The molecular formula is C12H16N2O5S. The third-order valence-corrected chi connectivity index (χ3v) is 3.81. The standard InChI is InChI=1S/C12H16N2O5S/c1-13-20(18,19)8-11(15)14-10(12(16)17)7-9-5-3-2-4-6-9/h2-6,10,13H,7-8H2,1H3,(H,14,15)(H,16,17)/t10-/m0/s1. The molecule has 1 atom stereocenters. The summed E-state index contributed by atoms with van der Waals surface area (Å²) in [5, 5.41) is 11.3. The second-order valence-corrected chi connectivity index (χ2v) is 6.04. The summed E-state index contributed by atoms with van der Waals surface area (Å²) < 4.78 is 24.4. The molecule has 0 aromatic heterocycles. The molecule has 1 aromatic rings. The third kappa shape index (κ3) is 5.37. The van der Waals surface area contributed by atoms with Gasteiger partial charge in [-0.2, -0.15) is 0 Å². The van der Waals surface area contributed by atoms with E-state index in [4.69, 9.17) is 5.11 Å². The molecule has 0 bridgehead atoms. The highest BCUT2D eigenvalue weighted by Gasteiger charge is 2.23. The number of carbonyl (C=O) groups is 2. The molecule has 110 valence electrons. The summed E-state index contributed by atoms with van der Waals surface area (Å²) in [6.45, 7) is 0. The molecule has 0 saturated heterocycles. The van der Waals surface area contributed by atoms with Gasteiger partial charge in [-0.3, -0.25) is 4.79 Å². The molecule has 1 rings (SSSR count). The summed E-state index contributed by atoms with van der Waals surface area (Å²) in [6, 6.07) is 7.58. The largest absolute Gasteiger partial charge is 0.480 e. The van der Waals surface area contributed by atoms with Gasteiger partial charge in [0.15, 0.2) is 0 Å². The van der Waals surface area contributed by atoms with Crippen molar-refractivity contribution in [2.75, 3.05) is 12.8 Å². The van der Waals surface area contributed by atoms with Gasteiger partial charge in [0.25, 0.3) is 0 Å². The molecule has 8 heteroatoms. The number of aliphatic carboxylic acids is 1. The van der Waals surface area contributed by atoms with Crippen LogP contribution in [0.4, 0.5) is 0 Å². The number of rotatable bonds is 7. The third-order valence-electron chi connectivity index (χ3n) is 2.55. The molecule has 0 radical (unpaired) electrons. The van der Waals surface area contributed by atoms with Gasteiger partial charge in [-0.05, 0) is 12.6 Å². The first-order chi connectivity index (χ1) is 9.34. The monoisotopic (exact) mass is 300 g/mol. The number of carbonyl (C=O) groups excluding carboxylic acids is 1. The minimum Gasteiger partial charge on any atom is -0.480 e. The van der Waals surface area contributed by atoms with Crippen LogP contribution in [0.3, 0.4) is 0 Å². The van der Waals surface area contributed by atoms with Crippen molar-refractivity contribution in [3.63, 3.8) is 0 Å². The van der Waals surface area contributed by atoms with E-state index in [2.05, 4.69) is 5.32 Å². The molecule has 0 saturated carbocycles. The fourth-order valence-electron chi connectivity index (χ4n) is 1.53. The lowest BCUT2D eigenvalue weighted by molar-refractivity contribution is -0.141. The van der Waals surface area contributed by atoms with Crippen LogP contribution in [0.5, 0.6) is 0 Å². The van der Waals surface area contributed by atoms with Crippen LogP contribution in [0.2, 0.25) is 0 Å². The second-order valence-electron chi connectivity index (χ2n) is 4.11. The molecule has 0 aliphatic rings. The Kier molecular flexibility index (Phi) is 5.66. The molecule has 0 aliphatic carbocycles. The first kappa shape index (κ1) is 16.1. The number of benzene rings is 1. The van der Waals surface area contributed by atoms with Gasteiger partial charge < -0.3 is 10.4 Å². The molecule has 1 amide bonds. The Bertz CT molecular complexity index is 571. The summed E-state index contributed by atoms with van der Waals surface area (Å²) in [6.07, 6.45) is 0.0848. The smallest absolute Gasteiger partial charge is 0.326 e. The quantitative estimate of drug-likeness (QED) is 0.619. The zero-order valence-corrected chi connectivity index (χ0v) is 11.7. The number of carboxylic acids is 1. The Labute approximate surface area is 117 Å². The summed E-state index contributed by atoms with van der Waals surface area (Å²) in [5.74, 6) is -2.88. The van der Waals surface area contributed by atoms with Gasteiger partial charge >= 0.3 is 5.97 Å². The molecule has 0 heterocycles. The highest BCUT2D eigenvalue weighted by Crippen LogP contribution is 2.03. The second kappa shape index (κ2) is 7.01. The van der Waals surface area contributed by atoms with Crippen molar-refractivity contribution in [2.24, 2.45) is 0 Å². The van der Waals surface area contributed by atoms with Crippen LogP contribution >= 0.6 is 0 Å². The molecule has 20 heavy (non-hydrogen) atoms. The average molecular weight is 300 g/mol. The van der Waals surface area contributed by atoms with E-state index in [0.29, 0.717) is 0 Å². The van der Waals surface area contributed by atoms with Gasteiger partial charge in [-0.1, -0.05) is 30.3 Å². The predicted molar refractivity (Wildman–Crippen MR) is 72.6 cm³/mol. The Balaban J connectivity index is 2.69. The molecule has 0 aliphatic heterocycles. The van der Waals surface area contributed by atoms with Gasteiger partial charge in [-0.15, -0.1) is 0 Å². The van der Waals surface area contributed by atoms with Crippen molar-refractivity contribution in [3.05, 3.63) is 35.9 Å². The van der Waals surface area contributed by atoms with Gasteiger partial charge in [-0.25, -0.2) is 17.9 Å². The molecule has 0 fully saturated rings. The summed E-state index contributed by atoms with van der Waals surface area (Å²) in [7, 11) is -2.54. The normalized spacial score (nSPS) is 12.7. The van der Waals surface area contributed by atoms with E-state index in [1.165, 1.54) is 7.05 Å². The van der Waals surface area contributed by atoms with Crippen molar-refractivity contribution in [1.29, 1.82) is 0 Å². The Morgan fingerprint density at radius 2 is 1.85 bits per heavy atom. The van der Waals surface area contributed by atoms with Crippen molar-refractivity contribution in [2.45, 2.75) is 12.5 Å². The first-order valence-corrected chi connectivity index (χ1v) is 7.46. The topological polar surface area (TPSA) is 113 Å². The minimum absolute atomic E-state index is 0.0848. The summed E-state index contributed by atoms with van der Waals surface area (Å²) in [4.78, 5) is 22.6. The number of hydrogen-bond acceptors (Lipinski definition) is 4. The van der Waals surface area contributed by atoms with Gasteiger partial charge in [0.05, 0.1) is 0 Å². The van der Waals surface area contributed by atoms with Crippen LogP contribution in [-0.2, 0) is 26.0 Å². The number of sulfonamides is 1. The van der Waals surface area contributed by atoms with Crippen LogP contribution in [-0.4, -0.2) is 44.2 Å². The van der Waals surface area contributed by atoms with Crippen molar-refractivity contribution >= 4 is 21.9 Å². The van der Waals surface area contributed by atoms with E-state index in [-0.39, 0.29) is 6.42 Å². The number of amides is 1. The van der Waals surface area contributed by atoms with Crippen LogP contribution in [0, 0.1) is 0 Å². The van der Waals surface area contributed by atoms with Crippen LogP contribution in [0.25, 0.3) is 0 Å². The van der Waals surface area contributed by atoms with Crippen LogP contribution < -0.4 is 10.0 Å². The number of hydrogen-bond donors (Lipinski definition) is 3. The summed E-state index contributed by atoms with van der Waals surface area (Å²) >= 11 is 0. The van der Waals surface area contributed by atoms with E-state index < -0.39 is 33.7 Å². The lowest BCUT2D eigenvalue weighted by Crippen LogP contribution is -2.45. The van der Waals surface area contributed by atoms with E-state index >= 15 is 0 Å². The van der Waals surface area contributed by atoms with Gasteiger partial charge in [0.2, 0.25) is 15.9 Å². The summed E-state index contributed by atoms with van der Waals surface area (Å²) in [5.41, 5.74) is 0.733. The minimum atomic E-state index is -3.72. The van der Waals surface area contributed by atoms with Gasteiger partial charge in [0.1, 0.15) is 11.8 Å². The average Bonchev–Trinajstić information content (AvgIpc) is 2.38. The first-order valence-electron chi connectivity index (χ1n) is 5.81. The molecule has 7 nitrogen and oxygen atoms in total.